The molecule has 0 aromatic carbocycles. The molecule has 11 heteroatoms. The number of nitriles is 1. The van der Waals surface area contributed by atoms with Crippen LogP contribution in [-0.4, -0.2) is 56.0 Å². The molecular formula is C25H24FN7O3. The summed E-state index contributed by atoms with van der Waals surface area (Å²) in [5, 5.41) is 28.9. The largest absolute Gasteiger partial charge is 0.495 e. The van der Waals surface area contributed by atoms with Crippen LogP contribution in [0.4, 0.5) is 15.8 Å². The highest BCUT2D eigenvalue weighted by Gasteiger charge is 2.27. The van der Waals surface area contributed by atoms with Crippen LogP contribution in [0.5, 0.6) is 5.75 Å². The normalized spacial score (nSPS) is 12.1. The van der Waals surface area contributed by atoms with Crippen molar-refractivity contribution >= 4 is 22.8 Å². The fourth-order valence-electron chi connectivity index (χ4n) is 3.42. The molecule has 0 aliphatic carbocycles. The Labute approximate surface area is 206 Å². The Bertz CT molecular complexity index is 1460. The highest BCUT2D eigenvalue weighted by atomic mass is 19.1. The molecule has 4 aromatic heterocycles. The number of nitrogens with one attached hydrogen (secondary N) is 2. The molecule has 184 valence electrons. The lowest BCUT2D eigenvalue weighted by Gasteiger charge is -2.22. The smallest absolute Gasteiger partial charge is 0.255 e. The number of amides is 1. The quantitative estimate of drug-likeness (QED) is 0.343. The number of aromatic nitrogens is 4. The molecule has 1 amide bonds. The van der Waals surface area contributed by atoms with E-state index in [0.29, 0.717) is 39.6 Å². The van der Waals surface area contributed by atoms with Crippen molar-refractivity contribution < 1.29 is 19.0 Å². The van der Waals surface area contributed by atoms with Gasteiger partial charge < -0.3 is 20.5 Å². The summed E-state index contributed by atoms with van der Waals surface area (Å²) in [6, 6.07) is 10.7. The van der Waals surface area contributed by atoms with Crippen molar-refractivity contribution in [1.82, 2.24) is 24.9 Å². The van der Waals surface area contributed by atoms with E-state index in [1.165, 1.54) is 33.4 Å². The Balaban J connectivity index is 1.72. The van der Waals surface area contributed by atoms with Crippen molar-refractivity contribution in [2.45, 2.75) is 25.6 Å². The molecule has 4 rings (SSSR count). The van der Waals surface area contributed by atoms with Gasteiger partial charge in [0.25, 0.3) is 5.91 Å². The van der Waals surface area contributed by atoms with Gasteiger partial charge >= 0.3 is 0 Å². The van der Waals surface area contributed by atoms with E-state index in [1.54, 1.807) is 41.2 Å². The summed E-state index contributed by atoms with van der Waals surface area (Å²) in [6.45, 7) is 2.29. The summed E-state index contributed by atoms with van der Waals surface area (Å²) in [5.41, 5.74) is 1.77. The summed E-state index contributed by atoms with van der Waals surface area (Å²) in [4.78, 5) is 21.5. The maximum absolute atomic E-state index is 14.2. The number of ether oxygens (including phenoxy) is 1. The molecule has 36 heavy (non-hydrogen) atoms. The van der Waals surface area contributed by atoms with Gasteiger partial charge in [-0.3, -0.25) is 14.8 Å². The molecule has 0 aliphatic heterocycles. The average Bonchev–Trinajstić information content (AvgIpc) is 3.29. The number of carbonyl (C=O) groups excluding carboxylic acids is 1. The Hall–Kier alpha value is -4.56. The van der Waals surface area contributed by atoms with E-state index in [-0.39, 0.29) is 12.1 Å². The number of nitrogens with zero attached hydrogens (tertiary/aromatic N) is 5. The van der Waals surface area contributed by atoms with Gasteiger partial charge in [-0.2, -0.15) is 10.4 Å². The number of halogens is 1. The van der Waals surface area contributed by atoms with Gasteiger partial charge in [-0.25, -0.2) is 8.91 Å². The zero-order valence-electron chi connectivity index (χ0n) is 19.9. The predicted octanol–water partition coefficient (Wildman–Crippen LogP) is 3.25. The molecule has 0 bridgehead atoms. The van der Waals surface area contributed by atoms with E-state index >= 15 is 0 Å². The lowest BCUT2D eigenvalue weighted by molar-refractivity contribution is -0.00177. The third-order valence-electron chi connectivity index (χ3n) is 5.48. The molecular weight excluding hydrogens is 465 g/mol. The fourth-order valence-corrected chi connectivity index (χ4v) is 3.42. The Morgan fingerprint density at radius 3 is 2.78 bits per heavy atom. The standard InChI is InChI=1S/C25H24FN7O3/c1-25(2,35)23(26)14-30-24(34)19-13-29-21(8-20(19)32-16-7-18(36-3)12-28-11-16)22-5-4-17-6-15(9-27)10-31-33(17)22/h4-8,10-13,23,35H,14H2,1-3H3,(H,29,32)(H,30,34). The number of anilines is 2. The zero-order chi connectivity index (χ0) is 25.9. The van der Waals surface area contributed by atoms with Crippen molar-refractivity contribution in [3.05, 3.63) is 66.2 Å². The van der Waals surface area contributed by atoms with Crippen LogP contribution in [0.15, 0.2) is 55.1 Å². The molecule has 10 nitrogen and oxygen atoms in total. The maximum Gasteiger partial charge on any atom is 0.255 e. The SMILES string of the molecule is COc1cncc(Nc2cc(-c3ccc4cc(C#N)cnn34)ncc2C(=O)NCC(F)C(C)(C)O)c1. The Morgan fingerprint density at radius 1 is 1.25 bits per heavy atom. The summed E-state index contributed by atoms with van der Waals surface area (Å²) in [6.07, 6.45) is 4.27. The highest BCUT2D eigenvalue weighted by molar-refractivity contribution is 6.00. The number of hydrogen-bond donors (Lipinski definition) is 3. The van der Waals surface area contributed by atoms with Crippen LogP contribution in [0.2, 0.25) is 0 Å². The minimum Gasteiger partial charge on any atom is -0.495 e. The molecule has 0 aliphatic rings. The second-order valence-electron chi connectivity index (χ2n) is 8.60. The molecule has 1 unspecified atom stereocenters. The second kappa shape index (κ2) is 9.97. The predicted molar refractivity (Wildman–Crippen MR) is 131 cm³/mol. The summed E-state index contributed by atoms with van der Waals surface area (Å²) in [7, 11) is 1.52. The van der Waals surface area contributed by atoms with Crippen LogP contribution in [0, 0.1) is 11.3 Å². The van der Waals surface area contributed by atoms with Gasteiger partial charge in [0.1, 0.15) is 18.0 Å². The third-order valence-corrected chi connectivity index (χ3v) is 5.48. The molecule has 0 saturated heterocycles. The first-order valence-electron chi connectivity index (χ1n) is 11.0. The molecule has 0 spiro atoms. The van der Waals surface area contributed by atoms with Gasteiger partial charge in [-0.15, -0.1) is 0 Å². The van der Waals surface area contributed by atoms with Crippen molar-refractivity contribution in [2.24, 2.45) is 0 Å². The van der Waals surface area contributed by atoms with Gasteiger partial charge in [0.05, 0.1) is 77.3 Å². The highest BCUT2D eigenvalue weighted by Crippen LogP contribution is 2.28. The van der Waals surface area contributed by atoms with Crippen LogP contribution in [0.1, 0.15) is 29.8 Å². The van der Waals surface area contributed by atoms with Crippen molar-refractivity contribution in [2.75, 3.05) is 19.0 Å². The number of fused-ring (bicyclic) bond motifs is 1. The monoisotopic (exact) mass is 489 g/mol. The number of hydrogen-bond acceptors (Lipinski definition) is 8. The summed E-state index contributed by atoms with van der Waals surface area (Å²) >= 11 is 0. The number of methoxy groups -OCH3 is 1. The van der Waals surface area contributed by atoms with E-state index in [1.807, 2.05) is 6.07 Å². The Morgan fingerprint density at radius 2 is 2.06 bits per heavy atom. The Kier molecular flexibility index (Phi) is 6.80. The zero-order valence-corrected chi connectivity index (χ0v) is 19.9. The minimum atomic E-state index is -1.66. The number of aliphatic hydroxyl groups is 1. The molecule has 4 heterocycles. The van der Waals surface area contributed by atoms with E-state index in [9.17, 15) is 14.3 Å². The lowest BCUT2D eigenvalue weighted by Crippen LogP contribution is -2.42. The molecule has 1 atom stereocenters. The molecule has 0 radical (unpaired) electrons. The van der Waals surface area contributed by atoms with Gasteiger partial charge in [-0.05, 0) is 38.1 Å². The van der Waals surface area contributed by atoms with Gasteiger partial charge in [-0.1, -0.05) is 0 Å². The van der Waals surface area contributed by atoms with Gasteiger partial charge in [0.2, 0.25) is 0 Å². The number of carbonyl (C=O) groups is 1. The number of pyridine rings is 2. The first-order chi connectivity index (χ1) is 17.2. The number of rotatable bonds is 8. The third kappa shape index (κ3) is 5.24. The van der Waals surface area contributed by atoms with Crippen LogP contribution < -0.4 is 15.4 Å². The molecule has 0 saturated carbocycles. The van der Waals surface area contributed by atoms with Gasteiger partial charge in [0.15, 0.2) is 0 Å². The van der Waals surface area contributed by atoms with E-state index < -0.39 is 17.7 Å². The van der Waals surface area contributed by atoms with Crippen LogP contribution in [0.3, 0.4) is 0 Å². The minimum absolute atomic E-state index is 0.158. The van der Waals surface area contributed by atoms with Crippen molar-refractivity contribution in [3.8, 4) is 23.2 Å². The van der Waals surface area contributed by atoms with Gasteiger partial charge in [0, 0.05) is 12.3 Å². The molecule has 4 aromatic rings. The van der Waals surface area contributed by atoms with Crippen molar-refractivity contribution in [3.63, 3.8) is 0 Å². The van der Waals surface area contributed by atoms with Crippen LogP contribution in [-0.2, 0) is 0 Å². The van der Waals surface area contributed by atoms with Crippen molar-refractivity contribution in [1.29, 1.82) is 5.26 Å². The topological polar surface area (TPSA) is 137 Å². The van der Waals surface area contributed by atoms with Crippen LogP contribution in [0.25, 0.3) is 16.9 Å². The van der Waals surface area contributed by atoms with E-state index in [2.05, 4.69) is 31.8 Å². The number of alkyl halides is 1. The second-order valence-corrected chi connectivity index (χ2v) is 8.60. The molecule has 0 fully saturated rings. The first kappa shape index (κ1) is 24.6. The molecule has 3 N–H and O–H groups in total. The van der Waals surface area contributed by atoms with Crippen LogP contribution >= 0.6 is 0 Å². The maximum atomic E-state index is 14.2. The fraction of sp³-hybridized carbons (Fsp3) is 0.240. The average molecular weight is 490 g/mol. The van der Waals surface area contributed by atoms with E-state index in [0.717, 1.165) is 0 Å². The van der Waals surface area contributed by atoms with E-state index in [4.69, 9.17) is 10.00 Å². The first-order valence-corrected chi connectivity index (χ1v) is 11.0. The summed E-state index contributed by atoms with van der Waals surface area (Å²) < 4.78 is 21.1. The summed E-state index contributed by atoms with van der Waals surface area (Å²) in [5.74, 6) is -0.0584. The lowest BCUT2D eigenvalue weighted by atomic mass is 10.0.